The molecule has 0 aliphatic carbocycles. The minimum absolute atomic E-state index is 0.0746. The number of hydrogen-bond donors (Lipinski definition) is 3. The summed E-state index contributed by atoms with van der Waals surface area (Å²) in [5.74, 6) is -0.0746. The molecule has 0 saturated heterocycles. The Balaban J connectivity index is 3.44. The minimum Gasteiger partial charge on any atom is -0.394 e. The van der Waals surface area contributed by atoms with Crippen molar-refractivity contribution in [3.8, 4) is 0 Å². The molecule has 0 spiro atoms. The Labute approximate surface area is 407 Å². The van der Waals surface area contributed by atoms with Crippen LogP contribution in [0.5, 0.6) is 0 Å². The van der Waals surface area contributed by atoms with Gasteiger partial charge in [-0.1, -0.05) is 287 Å². The molecular formula is C61H115NO3. The number of aliphatic hydroxyl groups is 2. The zero-order valence-electron chi connectivity index (χ0n) is 44.0. The first-order valence-corrected chi connectivity index (χ1v) is 29.4. The lowest BCUT2D eigenvalue weighted by molar-refractivity contribution is -0.123. The minimum atomic E-state index is -0.870. The highest BCUT2D eigenvalue weighted by molar-refractivity contribution is 5.76. The highest BCUT2D eigenvalue weighted by Crippen LogP contribution is 2.17. The number of rotatable bonds is 54. The Hall–Kier alpha value is -1.65. The topological polar surface area (TPSA) is 69.6 Å². The van der Waals surface area contributed by atoms with Crippen molar-refractivity contribution in [1.82, 2.24) is 5.32 Å². The number of carbonyl (C=O) groups excluding carboxylic acids is 1. The van der Waals surface area contributed by atoms with Gasteiger partial charge in [-0.2, -0.15) is 0 Å². The summed E-state index contributed by atoms with van der Waals surface area (Å²) in [4.78, 5) is 12.5. The van der Waals surface area contributed by atoms with Crippen LogP contribution >= 0.6 is 0 Å². The first kappa shape index (κ1) is 63.4. The molecule has 2 unspecified atom stereocenters. The molecule has 2 atom stereocenters. The van der Waals surface area contributed by atoms with Gasteiger partial charge in [0, 0.05) is 6.42 Å². The van der Waals surface area contributed by atoms with Gasteiger partial charge in [-0.05, 0) is 70.6 Å². The molecule has 0 bridgehead atoms. The van der Waals surface area contributed by atoms with Gasteiger partial charge >= 0.3 is 0 Å². The number of carbonyl (C=O) groups is 1. The predicted molar refractivity (Wildman–Crippen MR) is 290 cm³/mol. The normalized spacial score (nSPS) is 13.1. The molecule has 0 rings (SSSR count). The highest BCUT2D eigenvalue weighted by atomic mass is 16.3. The van der Waals surface area contributed by atoms with Crippen molar-refractivity contribution in [2.24, 2.45) is 0 Å². The zero-order chi connectivity index (χ0) is 47.0. The fraction of sp³-hybridized carbons (Fsp3) is 0.852. The molecule has 0 radical (unpaired) electrons. The first-order chi connectivity index (χ1) is 32.2. The molecule has 4 nitrogen and oxygen atoms in total. The van der Waals surface area contributed by atoms with E-state index < -0.39 is 12.1 Å². The van der Waals surface area contributed by atoms with E-state index in [1.54, 1.807) is 6.08 Å². The van der Waals surface area contributed by atoms with Crippen molar-refractivity contribution in [1.29, 1.82) is 0 Å². The number of nitrogens with one attached hydrogen (secondary N) is 1. The van der Waals surface area contributed by atoms with Crippen LogP contribution in [0.25, 0.3) is 0 Å². The van der Waals surface area contributed by atoms with Crippen LogP contribution < -0.4 is 5.32 Å². The summed E-state index contributed by atoms with van der Waals surface area (Å²) in [7, 11) is 0. The average molecular weight is 911 g/mol. The molecule has 65 heavy (non-hydrogen) atoms. The maximum Gasteiger partial charge on any atom is 0.220 e. The van der Waals surface area contributed by atoms with Crippen LogP contribution in [-0.2, 0) is 4.79 Å². The summed E-state index contributed by atoms with van der Waals surface area (Å²) in [6.45, 7) is 4.31. The van der Waals surface area contributed by atoms with Crippen LogP contribution in [0.15, 0.2) is 48.6 Å². The Morgan fingerprint density at radius 1 is 0.354 bits per heavy atom. The van der Waals surface area contributed by atoms with Gasteiger partial charge < -0.3 is 15.5 Å². The van der Waals surface area contributed by atoms with E-state index in [-0.39, 0.29) is 12.5 Å². The summed E-state index contributed by atoms with van der Waals surface area (Å²) < 4.78 is 0. The smallest absolute Gasteiger partial charge is 0.220 e. The van der Waals surface area contributed by atoms with Gasteiger partial charge in [0.25, 0.3) is 0 Å². The molecule has 0 aromatic carbocycles. The van der Waals surface area contributed by atoms with Gasteiger partial charge in [-0.25, -0.2) is 0 Å². The standard InChI is InChI=1S/C61H115NO3/c1-3-5-7-9-11-13-15-17-19-21-22-23-24-25-26-27-28-29-30-31-32-33-34-35-36-37-38-39-40-41-43-45-47-49-51-53-55-57-61(65)62-59(58-63)60(64)56-54-52-50-48-46-44-42-20-18-16-14-12-10-8-6-4-2/h18,20,29-30,46,48,54,56,59-60,63-64H,3-17,19,21-28,31-45,47,49-53,55,57-58H2,1-2H3,(H,62,65)/b20-18+,30-29-,48-46+,56-54+. The molecule has 0 aromatic heterocycles. The maximum atomic E-state index is 12.5. The van der Waals surface area contributed by atoms with E-state index in [2.05, 4.69) is 55.6 Å². The number of aliphatic hydroxyl groups excluding tert-OH is 2. The lowest BCUT2D eigenvalue weighted by Gasteiger charge is -2.19. The molecule has 382 valence electrons. The molecular weight excluding hydrogens is 795 g/mol. The fourth-order valence-corrected chi connectivity index (χ4v) is 9.03. The van der Waals surface area contributed by atoms with E-state index in [4.69, 9.17) is 0 Å². The molecule has 0 aliphatic rings. The van der Waals surface area contributed by atoms with Crippen LogP contribution in [0.1, 0.15) is 316 Å². The Morgan fingerprint density at radius 3 is 0.892 bits per heavy atom. The third kappa shape index (κ3) is 53.2. The highest BCUT2D eigenvalue weighted by Gasteiger charge is 2.18. The lowest BCUT2D eigenvalue weighted by Crippen LogP contribution is -2.45. The first-order valence-electron chi connectivity index (χ1n) is 29.4. The number of hydrogen-bond acceptors (Lipinski definition) is 3. The predicted octanol–water partition coefficient (Wildman–Crippen LogP) is 19.4. The molecule has 0 fully saturated rings. The largest absolute Gasteiger partial charge is 0.394 e. The summed E-state index contributed by atoms with van der Waals surface area (Å²) in [5, 5.41) is 23.1. The average Bonchev–Trinajstić information content (AvgIpc) is 3.31. The quantitative estimate of drug-likeness (QED) is 0.0421. The van der Waals surface area contributed by atoms with Crippen molar-refractivity contribution in [2.45, 2.75) is 328 Å². The van der Waals surface area contributed by atoms with Crippen molar-refractivity contribution in [2.75, 3.05) is 6.61 Å². The Kier molecular flexibility index (Phi) is 55.2. The van der Waals surface area contributed by atoms with Crippen molar-refractivity contribution in [3.63, 3.8) is 0 Å². The van der Waals surface area contributed by atoms with Crippen molar-refractivity contribution < 1.29 is 15.0 Å². The van der Waals surface area contributed by atoms with Gasteiger partial charge in [0.15, 0.2) is 0 Å². The summed E-state index contributed by atoms with van der Waals surface area (Å²) in [6.07, 6.45) is 78.7. The van der Waals surface area contributed by atoms with Gasteiger partial charge in [-0.3, -0.25) is 4.79 Å². The second-order valence-electron chi connectivity index (χ2n) is 20.0. The van der Waals surface area contributed by atoms with Crippen molar-refractivity contribution >= 4 is 5.91 Å². The number of unbranched alkanes of at least 4 members (excludes halogenated alkanes) is 41. The van der Waals surface area contributed by atoms with E-state index in [0.717, 1.165) is 38.5 Å². The SMILES string of the molecule is CCCCCCCC/C=C/CC/C=C/CC/C=C/C(O)C(CO)NC(=O)CCCCCCCCCCCCCCCCCCC/C=C\CCCCCCCCCCCCCCCCCC. The van der Waals surface area contributed by atoms with E-state index in [1.807, 2.05) is 6.08 Å². The Bertz CT molecular complexity index is 1030. The molecule has 0 aromatic rings. The molecule has 4 heteroatoms. The van der Waals surface area contributed by atoms with Crippen LogP contribution in [0.3, 0.4) is 0 Å². The lowest BCUT2D eigenvalue weighted by atomic mass is 10.0. The summed E-state index contributed by atoms with van der Waals surface area (Å²) >= 11 is 0. The van der Waals surface area contributed by atoms with E-state index in [1.165, 1.54) is 257 Å². The number of amides is 1. The second kappa shape index (κ2) is 56.7. The van der Waals surface area contributed by atoms with Gasteiger partial charge in [0.05, 0.1) is 18.8 Å². The third-order valence-electron chi connectivity index (χ3n) is 13.5. The monoisotopic (exact) mass is 910 g/mol. The van der Waals surface area contributed by atoms with Gasteiger partial charge in [-0.15, -0.1) is 0 Å². The van der Waals surface area contributed by atoms with Gasteiger partial charge in [0.2, 0.25) is 5.91 Å². The van der Waals surface area contributed by atoms with E-state index in [0.29, 0.717) is 6.42 Å². The number of allylic oxidation sites excluding steroid dienone is 7. The van der Waals surface area contributed by atoms with E-state index >= 15 is 0 Å². The van der Waals surface area contributed by atoms with Crippen LogP contribution in [0.4, 0.5) is 0 Å². The summed E-state index contributed by atoms with van der Waals surface area (Å²) in [6, 6.07) is -0.645. The molecule has 0 heterocycles. The second-order valence-corrected chi connectivity index (χ2v) is 20.0. The fourth-order valence-electron chi connectivity index (χ4n) is 9.03. The summed E-state index contributed by atoms with van der Waals surface area (Å²) in [5.41, 5.74) is 0. The van der Waals surface area contributed by atoms with Crippen LogP contribution in [0.2, 0.25) is 0 Å². The van der Waals surface area contributed by atoms with Gasteiger partial charge in [0.1, 0.15) is 0 Å². The van der Waals surface area contributed by atoms with E-state index in [9.17, 15) is 15.0 Å². The molecule has 3 N–H and O–H groups in total. The van der Waals surface area contributed by atoms with Crippen molar-refractivity contribution in [3.05, 3.63) is 48.6 Å². The van der Waals surface area contributed by atoms with Crippen LogP contribution in [0, 0.1) is 0 Å². The third-order valence-corrected chi connectivity index (χ3v) is 13.5. The molecule has 0 saturated carbocycles. The zero-order valence-corrected chi connectivity index (χ0v) is 44.0. The Morgan fingerprint density at radius 2 is 0.600 bits per heavy atom. The molecule has 0 aliphatic heterocycles. The molecule has 1 amide bonds. The maximum absolute atomic E-state index is 12.5. The van der Waals surface area contributed by atoms with Crippen LogP contribution in [-0.4, -0.2) is 34.9 Å².